The van der Waals surface area contributed by atoms with Crippen molar-refractivity contribution in [1.29, 1.82) is 0 Å². The first-order chi connectivity index (χ1) is 12.0. The third kappa shape index (κ3) is 4.84. The van der Waals surface area contributed by atoms with Gasteiger partial charge in [-0.1, -0.05) is 30.4 Å². The minimum absolute atomic E-state index is 0.230. The molecule has 0 atom stereocenters. The monoisotopic (exact) mass is 340 g/mol. The summed E-state index contributed by atoms with van der Waals surface area (Å²) in [6.07, 6.45) is 3.85. The highest BCUT2D eigenvalue weighted by atomic mass is 16.5. The Kier molecular flexibility index (Phi) is 6.17. The van der Waals surface area contributed by atoms with E-state index >= 15 is 0 Å². The molecule has 0 saturated heterocycles. The Hall–Kier alpha value is -3.28. The Balaban J connectivity index is 2.04. The van der Waals surface area contributed by atoms with Gasteiger partial charge in [-0.15, -0.1) is 0 Å². The average molecular weight is 340 g/mol. The van der Waals surface area contributed by atoms with Gasteiger partial charge < -0.3 is 20.5 Å². The molecule has 0 unspecified atom stereocenters. The number of nitrogens with one attached hydrogen (secondary N) is 1. The number of carbonyl (C=O) groups is 2. The van der Waals surface area contributed by atoms with Crippen LogP contribution in [-0.4, -0.2) is 25.5 Å². The van der Waals surface area contributed by atoms with Crippen molar-refractivity contribution in [3.05, 3.63) is 59.7 Å². The van der Waals surface area contributed by atoms with Crippen molar-refractivity contribution in [2.45, 2.75) is 6.92 Å². The normalized spacial score (nSPS) is 10.5. The zero-order chi connectivity index (χ0) is 18.2. The van der Waals surface area contributed by atoms with Gasteiger partial charge in [0.1, 0.15) is 0 Å². The van der Waals surface area contributed by atoms with E-state index < -0.39 is 11.8 Å². The molecule has 0 bridgehead atoms. The maximum atomic E-state index is 12.1. The van der Waals surface area contributed by atoms with E-state index in [1.165, 1.54) is 7.11 Å². The molecule has 0 heterocycles. The zero-order valence-corrected chi connectivity index (χ0v) is 14.1. The highest BCUT2D eigenvalue weighted by Gasteiger charge is 2.12. The average Bonchev–Trinajstić information content (AvgIpc) is 2.61. The van der Waals surface area contributed by atoms with Crippen molar-refractivity contribution in [2.75, 3.05) is 19.0 Å². The summed E-state index contributed by atoms with van der Waals surface area (Å²) in [6, 6.07) is 11.9. The van der Waals surface area contributed by atoms with Gasteiger partial charge in [-0.25, -0.2) is 0 Å². The number of rotatable bonds is 7. The molecule has 0 aliphatic rings. The van der Waals surface area contributed by atoms with Crippen LogP contribution in [0.3, 0.4) is 0 Å². The summed E-state index contributed by atoms with van der Waals surface area (Å²) >= 11 is 0. The predicted molar refractivity (Wildman–Crippen MR) is 96.8 cm³/mol. The summed E-state index contributed by atoms with van der Waals surface area (Å²) in [7, 11) is 1.53. The summed E-state index contributed by atoms with van der Waals surface area (Å²) in [6.45, 7) is 1.69. The first kappa shape index (κ1) is 18.1. The number of primary amides is 1. The lowest BCUT2D eigenvalue weighted by atomic mass is 10.1. The zero-order valence-electron chi connectivity index (χ0n) is 14.1. The van der Waals surface area contributed by atoms with Crippen LogP contribution in [0.2, 0.25) is 0 Å². The predicted octanol–water partition coefficient (Wildman–Crippen LogP) is 2.84. The van der Waals surface area contributed by atoms with Gasteiger partial charge in [0.25, 0.3) is 11.8 Å². The Morgan fingerprint density at radius 3 is 2.60 bits per heavy atom. The first-order valence-electron chi connectivity index (χ1n) is 7.67. The minimum Gasteiger partial charge on any atom is -0.493 e. The van der Waals surface area contributed by atoms with Crippen molar-refractivity contribution in [3.8, 4) is 11.5 Å². The van der Waals surface area contributed by atoms with E-state index in [-0.39, 0.29) is 12.2 Å². The molecular weight excluding hydrogens is 320 g/mol. The van der Waals surface area contributed by atoms with Gasteiger partial charge in [-0.2, -0.15) is 0 Å². The highest BCUT2D eigenvalue weighted by molar-refractivity contribution is 6.03. The molecule has 25 heavy (non-hydrogen) atoms. The lowest BCUT2D eigenvalue weighted by Crippen LogP contribution is -2.23. The van der Waals surface area contributed by atoms with Gasteiger partial charge in [0.05, 0.1) is 18.4 Å². The number of ether oxygens (including phenoxy) is 2. The Labute approximate surface area is 146 Å². The van der Waals surface area contributed by atoms with Gasteiger partial charge in [-0.05, 0) is 36.8 Å². The van der Waals surface area contributed by atoms with Gasteiger partial charge in [0.2, 0.25) is 0 Å². The number of carbonyl (C=O) groups excluding carboxylic acids is 2. The molecule has 0 aromatic heterocycles. The Morgan fingerprint density at radius 1 is 1.16 bits per heavy atom. The maximum Gasteiger partial charge on any atom is 0.262 e. The van der Waals surface area contributed by atoms with Gasteiger partial charge >= 0.3 is 0 Å². The molecule has 2 amide bonds. The van der Waals surface area contributed by atoms with Crippen LogP contribution in [0.15, 0.2) is 48.5 Å². The van der Waals surface area contributed by atoms with E-state index in [1.807, 2.05) is 31.2 Å². The number of hydrogen-bond donors (Lipinski definition) is 2. The number of amides is 2. The Morgan fingerprint density at radius 2 is 1.92 bits per heavy atom. The van der Waals surface area contributed by atoms with Crippen LogP contribution in [0.4, 0.5) is 5.69 Å². The van der Waals surface area contributed by atoms with Crippen molar-refractivity contribution >= 4 is 23.6 Å². The molecule has 0 aliphatic heterocycles. The number of allylic oxidation sites excluding steroid dienone is 1. The number of hydrogen-bond acceptors (Lipinski definition) is 4. The molecule has 0 spiro atoms. The maximum absolute atomic E-state index is 12.1. The van der Waals surface area contributed by atoms with E-state index in [4.69, 9.17) is 15.2 Å². The van der Waals surface area contributed by atoms with E-state index in [2.05, 4.69) is 5.32 Å². The molecular formula is C19H20N2O4. The van der Waals surface area contributed by atoms with Gasteiger partial charge in [-0.3, -0.25) is 9.59 Å². The Bertz CT molecular complexity index is 800. The second-order valence-corrected chi connectivity index (χ2v) is 5.16. The number of anilines is 1. The SMILES string of the molecule is CC=Cc1ccc(OCC(=O)Nc2ccccc2C(N)=O)c(OC)c1. The summed E-state index contributed by atoms with van der Waals surface area (Å²) < 4.78 is 10.8. The fourth-order valence-electron chi connectivity index (χ4n) is 2.24. The molecule has 3 N–H and O–H groups in total. The van der Waals surface area contributed by atoms with E-state index in [0.717, 1.165) is 5.56 Å². The van der Waals surface area contributed by atoms with Crippen molar-refractivity contribution in [1.82, 2.24) is 0 Å². The lowest BCUT2D eigenvalue weighted by molar-refractivity contribution is -0.118. The van der Waals surface area contributed by atoms with Gasteiger partial charge in [0, 0.05) is 0 Å². The standard InChI is InChI=1S/C19H20N2O4/c1-3-6-13-9-10-16(17(11-13)24-2)25-12-18(22)21-15-8-5-4-7-14(15)19(20)23/h3-11H,12H2,1-2H3,(H2,20,23)(H,21,22). The van der Waals surface area contributed by atoms with Crippen LogP contribution >= 0.6 is 0 Å². The van der Waals surface area contributed by atoms with Crippen LogP contribution < -0.4 is 20.5 Å². The topological polar surface area (TPSA) is 90.6 Å². The molecule has 0 saturated carbocycles. The van der Waals surface area contributed by atoms with E-state index in [0.29, 0.717) is 17.2 Å². The number of methoxy groups -OCH3 is 1. The number of benzene rings is 2. The molecule has 0 aliphatic carbocycles. The molecule has 2 aromatic rings. The third-order valence-corrected chi connectivity index (χ3v) is 3.37. The van der Waals surface area contributed by atoms with Crippen molar-refractivity contribution in [2.24, 2.45) is 5.73 Å². The molecule has 130 valence electrons. The summed E-state index contributed by atoms with van der Waals surface area (Å²) in [5.41, 5.74) is 6.84. The second-order valence-electron chi connectivity index (χ2n) is 5.16. The lowest BCUT2D eigenvalue weighted by Gasteiger charge is -2.12. The first-order valence-corrected chi connectivity index (χ1v) is 7.67. The van der Waals surface area contributed by atoms with Crippen molar-refractivity contribution in [3.63, 3.8) is 0 Å². The molecule has 2 rings (SSSR count). The molecule has 2 aromatic carbocycles. The van der Waals surface area contributed by atoms with Crippen LogP contribution in [0.1, 0.15) is 22.8 Å². The largest absolute Gasteiger partial charge is 0.493 e. The summed E-state index contributed by atoms with van der Waals surface area (Å²) in [5, 5.41) is 2.61. The number of nitrogens with two attached hydrogens (primary N) is 1. The summed E-state index contributed by atoms with van der Waals surface area (Å²) in [5.74, 6) is -0.0404. The fourth-order valence-corrected chi connectivity index (χ4v) is 2.24. The second kappa shape index (κ2) is 8.54. The minimum atomic E-state index is -0.613. The quantitative estimate of drug-likeness (QED) is 0.811. The van der Waals surface area contributed by atoms with Crippen LogP contribution in [0.25, 0.3) is 6.08 Å². The van der Waals surface area contributed by atoms with Crippen LogP contribution in [0, 0.1) is 0 Å². The van der Waals surface area contributed by atoms with Crippen LogP contribution in [0.5, 0.6) is 11.5 Å². The number of para-hydroxylation sites is 1. The van der Waals surface area contributed by atoms with E-state index in [9.17, 15) is 9.59 Å². The third-order valence-electron chi connectivity index (χ3n) is 3.37. The molecule has 0 radical (unpaired) electrons. The molecule has 0 fully saturated rings. The van der Waals surface area contributed by atoms with Gasteiger partial charge in [0.15, 0.2) is 18.1 Å². The fraction of sp³-hybridized carbons (Fsp3) is 0.158. The molecule has 6 nitrogen and oxygen atoms in total. The van der Waals surface area contributed by atoms with Crippen molar-refractivity contribution < 1.29 is 19.1 Å². The van der Waals surface area contributed by atoms with Crippen LogP contribution in [-0.2, 0) is 4.79 Å². The smallest absolute Gasteiger partial charge is 0.262 e. The summed E-state index contributed by atoms with van der Waals surface area (Å²) in [4.78, 5) is 23.5. The van der Waals surface area contributed by atoms with E-state index in [1.54, 1.807) is 30.3 Å². The highest BCUT2D eigenvalue weighted by Crippen LogP contribution is 2.28. The molecule has 6 heteroatoms.